The standard InChI is InChI=1S/C10H7ClN4O2S2/c1-5-6(2-3-16-5)9-13-14-10(17-9)18-4-7-8(11)19-15-12-7/h2-3H,4H2,1H3. The summed E-state index contributed by atoms with van der Waals surface area (Å²) in [7, 11) is 0. The summed E-state index contributed by atoms with van der Waals surface area (Å²) in [5.41, 5.74) is 1.52. The van der Waals surface area contributed by atoms with E-state index in [2.05, 4.69) is 19.8 Å². The Morgan fingerprint density at radius 3 is 2.95 bits per heavy atom. The van der Waals surface area contributed by atoms with Crippen molar-refractivity contribution in [3.63, 3.8) is 0 Å². The Bertz CT molecular complexity index is 693. The molecule has 0 N–H and O–H groups in total. The van der Waals surface area contributed by atoms with Gasteiger partial charge in [0.15, 0.2) is 0 Å². The molecule has 0 radical (unpaired) electrons. The van der Waals surface area contributed by atoms with Gasteiger partial charge >= 0.3 is 0 Å². The molecule has 98 valence electrons. The minimum Gasteiger partial charge on any atom is -0.469 e. The smallest absolute Gasteiger partial charge is 0.277 e. The highest BCUT2D eigenvalue weighted by atomic mass is 35.5. The predicted molar refractivity (Wildman–Crippen MR) is 71.2 cm³/mol. The Kier molecular flexibility index (Phi) is 3.54. The van der Waals surface area contributed by atoms with E-state index in [4.69, 9.17) is 20.4 Å². The molecule has 0 aliphatic heterocycles. The summed E-state index contributed by atoms with van der Waals surface area (Å²) in [5.74, 6) is 1.73. The average molecular weight is 315 g/mol. The summed E-state index contributed by atoms with van der Waals surface area (Å²) < 4.78 is 15.1. The zero-order valence-electron chi connectivity index (χ0n) is 9.66. The second-order valence-corrected chi connectivity index (χ2v) is 5.83. The highest BCUT2D eigenvalue weighted by Gasteiger charge is 2.14. The summed E-state index contributed by atoms with van der Waals surface area (Å²) in [6, 6.07) is 1.79. The van der Waals surface area contributed by atoms with E-state index < -0.39 is 0 Å². The molecule has 0 bridgehead atoms. The van der Waals surface area contributed by atoms with Crippen LogP contribution < -0.4 is 0 Å². The molecule has 0 aliphatic rings. The molecule has 0 saturated carbocycles. The summed E-state index contributed by atoms with van der Waals surface area (Å²) in [4.78, 5) is 0. The second-order valence-electron chi connectivity index (χ2n) is 3.55. The molecule has 0 amide bonds. The van der Waals surface area contributed by atoms with E-state index in [1.165, 1.54) is 11.8 Å². The molecule has 0 atom stereocenters. The number of halogens is 1. The van der Waals surface area contributed by atoms with Crippen molar-refractivity contribution in [3.8, 4) is 11.5 Å². The Labute approximate surface area is 121 Å². The van der Waals surface area contributed by atoms with Crippen molar-refractivity contribution in [2.75, 3.05) is 0 Å². The van der Waals surface area contributed by atoms with Crippen molar-refractivity contribution in [1.29, 1.82) is 0 Å². The van der Waals surface area contributed by atoms with Gasteiger partial charge in [0.05, 0.1) is 11.8 Å². The maximum Gasteiger partial charge on any atom is 0.277 e. The van der Waals surface area contributed by atoms with E-state index in [0.29, 0.717) is 21.2 Å². The first-order valence-corrected chi connectivity index (χ1v) is 7.35. The van der Waals surface area contributed by atoms with Crippen LogP contribution in [-0.2, 0) is 5.75 Å². The number of thioether (sulfide) groups is 1. The van der Waals surface area contributed by atoms with Gasteiger partial charge in [0, 0.05) is 17.3 Å². The van der Waals surface area contributed by atoms with Gasteiger partial charge in [0.25, 0.3) is 11.1 Å². The van der Waals surface area contributed by atoms with Crippen LogP contribution >= 0.6 is 34.9 Å². The normalized spacial score (nSPS) is 11.1. The Balaban J connectivity index is 1.72. The maximum absolute atomic E-state index is 5.91. The molecular formula is C10H7ClN4O2S2. The SMILES string of the molecule is Cc1occc1-c1nnc(SCc2nnsc2Cl)o1. The first kappa shape index (κ1) is 12.6. The van der Waals surface area contributed by atoms with Crippen molar-refractivity contribution in [3.05, 3.63) is 28.1 Å². The molecule has 9 heteroatoms. The van der Waals surface area contributed by atoms with Crippen LogP contribution in [-0.4, -0.2) is 19.8 Å². The van der Waals surface area contributed by atoms with Crippen LogP contribution in [0.3, 0.4) is 0 Å². The van der Waals surface area contributed by atoms with E-state index in [0.717, 1.165) is 28.6 Å². The first-order valence-electron chi connectivity index (χ1n) is 5.21. The number of rotatable bonds is 4. The number of hydrogen-bond donors (Lipinski definition) is 0. The van der Waals surface area contributed by atoms with E-state index >= 15 is 0 Å². The quantitative estimate of drug-likeness (QED) is 0.682. The number of nitrogens with zero attached hydrogens (tertiary/aromatic N) is 4. The molecule has 19 heavy (non-hydrogen) atoms. The zero-order chi connectivity index (χ0) is 13.2. The molecule has 0 saturated heterocycles. The van der Waals surface area contributed by atoms with E-state index in [1.807, 2.05) is 6.92 Å². The van der Waals surface area contributed by atoms with Gasteiger partial charge in [-0.2, -0.15) is 0 Å². The highest BCUT2D eigenvalue weighted by Crippen LogP contribution is 2.29. The predicted octanol–water partition coefficient (Wildman–Crippen LogP) is 3.44. The van der Waals surface area contributed by atoms with E-state index in [1.54, 1.807) is 12.3 Å². The number of aryl methyl sites for hydroxylation is 1. The van der Waals surface area contributed by atoms with Gasteiger partial charge in [0.1, 0.15) is 15.8 Å². The molecule has 0 spiro atoms. The molecule has 3 aromatic heterocycles. The Hall–Kier alpha value is -1.38. The van der Waals surface area contributed by atoms with Crippen LogP contribution in [0.1, 0.15) is 11.5 Å². The lowest BCUT2D eigenvalue weighted by molar-refractivity contribution is 0.463. The van der Waals surface area contributed by atoms with Crippen LogP contribution in [0, 0.1) is 6.92 Å². The van der Waals surface area contributed by atoms with Gasteiger partial charge in [-0.25, -0.2) is 0 Å². The third-order valence-corrected chi connectivity index (χ3v) is 4.15. The number of aromatic nitrogens is 4. The summed E-state index contributed by atoms with van der Waals surface area (Å²) >= 11 is 8.44. The van der Waals surface area contributed by atoms with Crippen LogP contribution in [0.5, 0.6) is 0 Å². The number of furan rings is 1. The van der Waals surface area contributed by atoms with Crippen LogP contribution in [0.15, 0.2) is 26.4 Å². The average Bonchev–Trinajstić information content (AvgIpc) is 3.08. The van der Waals surface area contributed by atoms with Gasteiger partial charge in [0.2, 0.25) is 0 Å². The molecule has 0 fully saturated rings. The molecule has 6 nitrogen and oxygen atoms in total. The monoisotopic (exact) mass is 314 g/mol. The maximum atomic E-state index is 5.91. The van der Waals surface area contributed by atoms with E-state index in [-0.39, 0.29) is 0 Å². The molecular weight excluding hydrogens is 308 g/mol. The van der Waals surface area contributed by atoms with Crippen molar-refractivity contribution in [2.45, 2.75) is 17.9 Å². The van der Waals surface area contributed by atoms with Crippen molar-refractivity contribution in [1.82, 2.24) is 19.8 Å². The minimum absolute atomic E-state index is 0.441. The van der Waals surface area contributed by atoms with Crippen molar-refractivity contribution in [2.24, 2.45) is 0 Å². The van der Waals surface area contributed by atoms with Crippen molar-refractivity contribution >= 4 is 34.9 Å². The highest BCUT2D eigenvalue weighted by molar-refractivity contribution is 7.98. The lowest BCUT2D eigenvalue weighted by Gasteiger charge is -1.92. The molecule has 0 unspecified atom stereocenters. The van der Waals surface area contributed by atoms with Crippen LogP contribution in [0.2, 0.25) is 4.34 Å². The largest absolute Gasteiger partial charge is 0.469 e. The lowest BCUT2D eigenvalue weighted by atomic mass is 10.3. The van der Waals surface area contributed by atoms with Crippen molar-refractivity contribution < 1.29 is 8.83 Å². The number of hydrogen-bond acceptors (Lipinski definition) is 8. The first-order chi connectivity index (χ1) is 9.24. The van der Waals surface area contributed by atoms with Crippen LogP contribution in [0.4, 0.5) is 0 Å². The zero-order valence-corrected chi connectivity index (χ0v) is 12.1. The van der Waals surface area contributed by atoms with Gasteiger partial charge in [-0.3, -0.25) is 0 Å². The van der Waals surface area contributed by atoms with E-state index in [9.17, 15) is 0 Å². The van der Waals surface area contributed by atoms with Gasteiger partial charge in [-0.15, -0.1) is 15.3 Å². The fourth-order valence-electron chi connectivity index (χ4n) is 1.40. The fraction of sp³-hybridized carbons (Fsp3) is 0.200. The van der Waals surface area contributed by atoms with Gasteiger partial charge in [-0.1, -0.05) is 27.9 Å². The van der Waals surface area contributed by atoms with Crippen LogP contribution in [0.25, 0.3) is 11.5 Å². The third-order valence-electron chi connectivity index (χ3n) is 2.34. The lowest BCUT2D eigenvalue weighted by Crippen LogP contribution is -1.82. The third kappa shape index (κ3) is 2.65. The summed E-state index contributed by atoms with van der Waals surface area (Å²) in [6.45, 7) is 1.84. The molecule has 0 aromatic carbocycles. The van der Waals surface area contributed by atoms with Gasteiger partial charge < -0.3 is 8.83 Å². The van der Waals surface area contributed by atoms with Gasteiger partial charge in [-0.05, 0) is 13.0 Å². The molecule has 3 heterocycles. The minimum atomic E-state index is 0.441. The summed E-state index contributed by atoms with van der Waals surface area (Å²) in [5, 5.41) is 12.3. The molecule has 3 aromatic rings. The fourth-order valence-corrected chi connectivity index (χ4v) is 2.89. The summed E-state index contributed by atoms with van der Waals surface area (Å²) in [6.07, 6.45) is 1.59. The Morgan fingerprint density at radius 2 is 2.26 bits per heavy atom. The Morgan fingerprint density at radius 1 is 1.37 bits per heavy atom. The topological polar surface area (TPSA) is 77.8 Å². The molecule has 3 rings (SSSR count). The molecule has 0 aliphatic carbocycles. The second kappa shape index (κ2) is 5.32.